The maximum Gasteiger partial charge on any atom is 0.297 e. The smallest absolute Gasteiger partial charge is 0.297 e. The summed E-state index contributed by atoms with van der Waals surface area (Å²) in [7, 11) is -3.65. The normalized spacial score (nSPS) is 20.6. The van der Waals surface area contributed by atoms with E-state index in [9.17, 15) is 8.42 Å². The first-order valence-corrected chi connectivity index (χ1v) is 7.12. The molecule has 5 heteroatoms. The Labute approximate surface area is 102 Å². The van der Waals surface area contributed by atoms with Gasteiger partial charge in [0.25, 0.3) is 10.1 Å². The summed E-state index contributed by atoms with van der Waals surface area (Å²) in [5.41, 5.74) is 1.10. The zero-order chi connectivity index (χ0) is 12.3. The van der Waals surface area contributed by atoms with Gasteiger partial charge in [-0.1, -0.05) is 19.1 Å². The molecule has 1 fully saturated rings. The van der Waals surface area contributed by atoms with Gasteiger partial charge in [0.1, 0.15) is 6.10 Å². The highest BCUT2D eigenvalue weighted by Gasteiger charge is 2.24. The van der Waals surface area contributed by atoms with Crippen LogP contribution in [0.2, 0.25) is 0 Å². The average molecular weight is 256 g/mol. The summed E-state index contributed by atoms with van der Waals surface area (Å²) in [5, 5.41) is 0. The van der Waals surface area contributed by atoms with Gasteiger partial charge in [0, 0.05) is 13.0 Å². The Morgan fingerprint density at radius 3 is 2.59 bits per heavy atom. The molecule has 2 rings (SSSR count). The number of benzene rings is 1. The molecule has 1 aromatic rings. The lowest BCUT2D eigenvalue weighted by molar-refractivity contribution is 0.145. The largest absolute Gasteiger partial charge is 0.379 e. The van der Waals surface area contributed by atoms with E-state index in [1.165, 1.54) is 0 Å². The van der Waals surface area contributed by atoms with E-state index in [2.05, 4.69) is 0 Å². The van der Waals surface area contributed by atoms with Crippen molar-refractivity contribution < 1.29 is 17.3 Å². The van der Waals surface area contributed by atoms with Gasteiger partial charge in [0.15, 0.2) is 0 Å². The molecule has 0 saturated carbocycles. The number of hydrogen-bond acceptors (Lipinski definition) is 4. The maximum atomic E-state index is 11.9. The van der Waals surface area contributed by atoms with Crippen molar-refractivity contribution in [2.75, 3.05) is 13.2 Å². The van der Waals surface area contributed by atoms with Crippen molar-refractivity contribution in [1.82, 2.24) is 0 Å². The fraction of sp³-hybridized carbons (Fsp3) is 0.500. The van der Waals surface area contributed by atoms with Crippen LogP contribution in [0.4, 0.5) is 0 Å². The van der Waals surface area contributed by atoms with Crippen LogP contribution in [-0.4, -0.2) is 27.7 Å². The Morgan fingerprint density at radius 1 is 1.35 bits per heavy atom. The van der Waals surface area contributed by atoms with Crippen molar-refractivity contribution in [3.05, 3.63) is 29.8 Å². The second-order valence-corrected chi connectivity index (χ2v) is 5.61. The first-order valence-electron chi connectivity index (χ1n) is 5.72. The zero-order valence-corrected chi connectivity index (χ0v) is 10.6. The molecular weight excluding hydrogens is 240 g/mol. The highest BCUT2D eigenvalue weighted by atomic mass is 32.2. The van der Waals surface area contributed by atoms with Gasteiger partial charge in [-0.3, -0.25) is 4.18 Å². The molecular formula is C12H16O4S. The fourth-order valence-corrected chi connectivity index (χ4v) is 2.81. The minimum absolute atomic E-state index is 0.210. The van der Waals surface area contributed by atoms with Gasteiger partial charge in [-0.25, -0.2) is 0 Å². The lowest BCUT2D eigenvalue weighted by Crippen LogP contribution is -2.18. The molecule has 0 amide bonds. The number of rotatable bonds is 4. The number of hydrogen-bond donors (Lipinski definition) is 0. The Bertz CT molecular complexity index is 458. The second kappa shape index (κ2) is 5.16. The van der Waals surface area contributed by atoms with Gasteiger partial charge in [-0.15, -0.1) is 0 Å². The summed E-state index contributed by atoms with van der Waals surface area (Å²) < 4.78 is 34.0. The summed E-state index contributed by atoms with van der Waals surface area (Å²) in [5.74, 6) is 0. The average Bonchev–Trinajstić information content (AvgIpc) is 2.81. The first-order chi connectivity index (χ1) is 8.12. The van der Waals surface area contributed by atoms with E-state index in [1.54, 1.807) is 24.3 Å². The molecule has 1 aliphatic rings. The summed E-state index contributed by atoms with van der Waals surface area (Å²) >= 11 is 0. The molecule has 0 spiro atoms. The Morgan fingerprint density at radius 2 is 2.06 bits per heavy atom. The van der Waals surface area contributed by atoms with Crippen molar-refractivity contribution in [3.8, 4) is 0 Å². The predicted molar refractivity (Wildman–Crippen MR) is 63.3 cm³/mol. The number of aryl methyl sites for hydroxylation is 1. The van der Waals surface area contributed by atoms with Gasteiger partial charge in [0.2, 0.25) is 0 Å². The highest BCUT2D eigenvalue weighted by molar-refractivity contribution is 7.86. The molecule has 0 N–H and O–H groups in total. The van der Waals surface area contributed by atoms with Crippen LogP contribution in [0.25, 0.3) is 0 Å². The van der Waals surface area contributed by atoms with E-state index in [0.717, 1.165) is 12.0 Å². The van der Waals surface area contributed by atoms with Crippen LogP contribution >= 0.6 is 0 Å². The van der Waals surface area contributed by atoms with Gasteiger partial charge in [-0.2, -0.15) is 8.42 Å². The summed E-state index contributed by atoms with van der Waals surface area (Å²) in [6, 6.07) is 6.79. The van der Waals surface area contributed by atoms with Crippen LogP contribution in [0.3, 0.4) is 0 Å². The standard InChI is InChI=1S/C12H16O4S/c1-2-10-3-5-12(6-4-10)17(13,14)16-11-7-8-15-9-11/h3-6,11H,2,7-9H2,1H3/t11-/m0/s1. The molecule has 1 saturated heterocycles. The van der Waals surface area contributed by atoms with Crippen molar-refractivity contribution in [2.45, 2.75) is 30.8 Å². The third-order valence-electron chi connectivity index (χ3n) is 2.77. The van der Waals surface area contributed by atoms with E-state index in [0.29, 0.717) is 19.6 Å². The van der Waals surface area contributed by atoms with E-state index in [-0.39, 0.29) is 11.0 Å². The second-order valence-electron chi connectivity index (χ2n) is 4.03. The molecule has 0 bridgehead atoms. The van der Waals surface area contributed by atoms with E-state index < -0.39 is 10.1 Å². The first kappa shape index (κ1) is 12.5. The van der Waals surface area contributed by atoms with Crippen molar-refractivity contribution in [2.24, 2.45) is 0 Å². The van der Waals surface area contributed by atoms with E-state index >= 15 is 0 Å². The van der Waals surface area contributed by atoms with E-state index in [4.69, 9.17) is 8.92 Å². The minimum atomic E-state index is -3.65. The van der Waals surface area contributed by atoms with Crippen LogP contribution in [0.5, 0.6) is 0 Å². The molecule has 1 aliphatic heterocycles. The van der Waals surface area contributed by atoms with Crippen LogP contribution in [-0.2, 0) is 25.5 Å². The van der Waals surface area contributed by atoms with Crippen molar-refractivity contribution in [1.29, 1.82) is 0 Å². The summed E-state index contributed by atoms with van der Waals surface area (Å²) in [6.45, 7) is 2.94. The van der Waals surface area contributed by atoms with Crippen molar-refractivity contribution >= 4 is 10.1 Å². The minimum Gasteiger partial charge on any atom is -0.379 e. The quantitative estimate of drug-likeness (QED) is 0.770. The van der Waals surface area contributed by atoms with Gasteiger partial charge < -0.3 is 4.74 Å². The zero-order valence-electron chi connectivity index (χ0n) is 9.76. The lowest BCUT2D eigenvalue weighted by atomic mass is 10.2. The molecule has 0 radical (unpaired) electrons. The van der Waals surface area contributed by atoms with E-state index in [1.807, 2.05) is 6.92 Å². The molecule has 1 atom stereocenters. The molecule has 0 aliphatic carbocycles. The van der Waals surface area contributed by atoms with Crippen LogP contribution in [0.1, 0.15) is 18.9 Å². The molecule has 17 heavy (non-hydrogen) atoms. The predicted octanol–water partition coefficient (Wildman–Crippen LogP) is 1.74. The third kappa shape index (κ3) is 3.06. The molecule has 0 aromatic heterocycles. The van der Waals surface area contributed by atoms with Crippen LogP contribution in [0, 0.1) is 0 Å². The fourth-order valence-electron chi connectivity index (χ4n) is 1.72. The van der Waals surface area contributed by atoms with Crippen LogP contribution < -0.4 is 0 Å². The Balaban J connectivity index is 2.12. The third-order valence-corrected chi connectivity index (χ3v) is 4.15. The SMILES string of the molecule is CCc1ccc(S(=O)(=O)O[C@H]2CCOC2)cc1. The Kier molecular flexibility index (Phi) is 3.81. The molecule has 0 unspecified atom stereocenters. The highest BCUT2D eigenvalue weighted by Crippen LogP contribution is 2.19. The number of ether oxygens (including phenoxy) is 1. The van der Waals surface area contributed by atoms with Gasteiger partial charge in [0.05, 0.1) is 11.5 Å². The van der Waals surface area contributed by atoms with Crippen LogP contribution in [0.15, 0.2) is 29.2 Å². The maximum absolute atomic E-state index is 11.9. The molecule has 4 nitrogen and oxygen atoms in total. The summed E-state index contributed by atoms with van der Waals surface area (Å²) in [4.78, 5) is 0.210. The molecule has 1 heterocycles. The summed E-state index contributed by atoms with van der Waals surface area (Å²) in [6.07, 6.45) is 1.18. The monoisotopic (exact) mass is 256 g/mol. The van der Waals surface area contributed by atoms with Gasteiger partial charge in [-0.05, 0) is 24.1 Å². The topological polar surface area (TPSA) is 52.6 Å². The Hall–Kier alpha value is -0.910. The molecule has 1 aromatic carbocycles. The lowest BCUT2D eigenvalue weighted by Gasteiger charge is -2.10. The van der Waals surface area contributed by atoms with Gasteiger partial charge >= 0.3 is 0 Å². The molecule has 94 valence electrons. The van der Waals surface area contributed by atoms with Crippen molar-refractivity contribution in [3.63, 3.8) is 0 Å².